The molecule has 2 heterocycles. The monoisotopic (exact) mass is 309 g/mol. The quantitative estimate of drug-likeness (QED) is 0.812. The van der Waals surface area contributed by atoms with Crippen molar-refractivity contribution in [2.45, 2.75) is 25.7 Å². The summed E-state index contributed by atoms with van der Waals surface area (Å²) in [6, 6.07) is 4.99. The van der Waals surface area contributed by atoms with Gasteiger partial charge in [-0.15, -0.1) is 0 Å². The molecule has 0 bridgehead atoms. The number of aliphatic hydroxyl groups is 1. The van der Waals surface area contributed by atoms with Crippen LogP contribution in [-0.4, -0.2) is 42.5 Å². The number of aliphatic hydroxyl groups excluding tert-OH is 1. The van der Waals surface area contributed by atoms with Crippen LogP contribution in [0.25, 0.3) is 0 Å². The van der Waals surface area contributed by atoms with Crippen molar-refractivity contribution in [3.63, 3.8) is 0 Å². The van der Waals surface area contributed by atoms with Gasteiger partial charge in [-0.3, -0.25) is 4.72 Å². The maximum Gasteiger partial charge on any atom is 0.302 e. The summed E-state index contributed by atoms with van der Waals surface area (Å²) >= 11 is 0. The minimum Gasteiger partial charge on any atom is -0.395 e. The van der Waals surface area contributed by atoms with Crippen LogP contribution in [0.15, 0.2) is 18.2 Å². The molecule has 0 spiro atoms. The summed E-state index contributed by atoms with van der Waals surface area (Å²) in [5.74, 6) is 5.80. The largest absolute Gasteiger partial charge is 0.395 e. The summed E-state index contributed by atoms with van der Waals surface area (Å²) < 4.78 is 28.4. The van der Waals surface area contributed by atoms with Gasteiger partial charge < -0.3 is 5.11 Å². The van der Waals surface area contributed by atoms with Crippen LogP contribution in [0.4, 0.5) is 5.82 Å². The van der Waals surface area contributed by atoms with Gasteiger partial charge >= 0.3 is 10.2 Å². The summed E-state index contributed by atoms with van der Waals surface area (Å²) in [6.45, 7) is 1.09. The molecule has 2 rings (SSSR count). The molecule has 21 heavy (non-hydrogen) atoms. The van der Waals surface area contributed by atoms with Crippen molar-refractivity contribution in [3.05, 3.63) is 23.9 Å². The van der Waals surface area contributed by atoms with Crippen molar-refractivity contribution < 1.29 is 13.5 Å². The first-order chi connectivity index (χ1) is 10.1. The molecule has 1 saturated heterocycles. The average Bonchev–Trinajstić information content (AvgIpc) is 2.48. The molecule has 0 radical (unpaired) electrons. The van der Waals surface area contributed by atoms with Gasteiger partial charge in [-0.05, 0) is 30.9 Å². The van der Waals surface area contributed by atoms with E-state index in [0.717, 1.165) is 19.3 Å². The highest BCUT2D eigenvalue weighted by atomic mass is 32.2. The fourth-order valence-corrected chi connectivity index (χ4v) is 3.32. The standard InChI is InChI=1S/C14H19N3O3S/c18-12-5-2-7-13-8-6-9-14(15-13)16-21(19,20)17-10-3-1-4-11-17/h6,8-9,18H,1,3-5,10-12H2,(H,15,16). The van der Waals surface area contributed by atoms with Gasteiger partial charge in [-0.25, -0.2) is 4.98 Å². The molecule has 0 saturated carbocycles. The molecule has 7 heteroatoms. The zero-order valence-corrected chi connectivity index (χ0v) is 12.6. The van der Waals surface area contributed by atoms with E-state index in [-0.39, 0.29) is 12.4 Å². The molecule has 2 N–H and O–H groups in total. The zero-order chi connectivity index (χ0) is 15.1. The van der Waals surface area contributed by atoms with E-state index in [4.69, 9.17) is 5.11 Å². The van der Waals surface area contributed by atoms with Gasteiger partial charge in [0.2, 0.25) is 0 Å². The van der Waals surface area contributed by atoms with Gasteiger partial charge in [-0.1, -0.05) is 18.4 Å². The van der Waals surface area contributed by atoms with E-state index >= 15 is 0 Å². The number of aromatic nitrogens is 1. The number of hydrogen-bond donors (Lipinski definition) is 2. The van der Waals surface area contributed by atoms with E-state index in [2.05, 4.69) is 21.5 Å². The number of rotatable bonds is 4. The lowest BCUT2D eigenvalue weighted by atomic mass is 10.2. The molecular formula is C14H19N3O3S. The highest BCUT2D eigenvalue weighted by Crippen LogP contribution is 2.15. The smallest absolute Gasteiger partial charge is 0.302 e. The van der Waals surface area contributed by atoms with Crippen LogP contribution < -0.4 is 4.72 Å². The van der Waals surface area contributed by atoms with Crippen molar-refractivity contribution >= 4 is 16.0 Å². The van der Waals surface area contributed by atoms with Gasteiger partial charge in [0.1, 0.15) is 11.5 Å². The van der Waals surface area contributed by atoms with E-state index in [0.29, 0.717) is 25.2 Å². The van der Waals surface area contributed by atoms with Gasteiger partial charge in [0.15, 0.2) is 0 Å². The van der Waals surface area contributed by atoms with Crippen LogP contribution in [-0.2, 0) is 10.2 Å². The zero-order valence-electron chi connectivity index (χ0n) is 11.7. The summed E-state index contributed by atoms with van der Waals surface area (Å²) in [6.07, 6.45) is 3.22. The van der Waals surface area contributed by atoms with E-state index in [1.807, 2.05) is 0 Å². The molecule has 1 aliphatic rings. The Morgan fingerprint density at radius 1 is 1.29 bits per heavy atom. The predicted molar refractivity (Wildman–Crippen MR) is 80.8 cm³/mol. The van der Waals surface area contributed by atoms with Crippen LogP contribution in [0.2, 0.25) is 0 Å². The van der Waals surface area contributed by atoms with E-state index in [1.165, 1.54) is 4.31 Å². The average molecular weight is 309 g/mol. The topological polar surface area (TPSA) is 82.5 Å². The normalized spacial score (nSPS) is 16.0. The van der Waals surface area contributed by atoms with Crippen molar-refractivity contribution in [1.82, 2.24) is 9.29 Å². The van der Waals surface area contributed by atoms with Gasteiger partial charge in [0.05, 0.1) is 6.61 Å². The third-order valence-corrected chi connectivity index (χ3v) is 4.60. The third kappa shape index (κ3) is 4.70. The van der Waals surface area contributed by atoms with Crippen LogP contribution in [0.3, 0.4) is 0 Å². The molecule has 1 aromatic rings. The number of piperidine rings is 1. The van der Waals surface area contributed by atoms with Crippen molar-refractivity contribution in [3.8, 4) is 11.8 Å². The number of pyridine rings is 1. The Morgan fingerprint density at radius 3 is 2.76 bits per heavy atom. The second kappa shape index (κ2) is 7.41. The molecule has 1 aromatic heterocycles. The second-order valence-electron chi connectivity index (χ2n) is 4.75. The van der Waals surface area contributed by atoms with Crippen LogP contribution in [0.5, 0.6) is 0 Å². The minimum absolute atomic E-state index is 0.00567. The SMILES string of the molecule is O=S(=O)(Nc1cccc(C#CCCO)n1)N1CCCCC1. The number of anilines is 1. The summed E-state index contributed by atoms with van der Waals surface area (Å²) in [5.41, 5.74) is 0.474. The Labute approximate surface area is 125 Å². The first-order valence-corrected chi connectivity index (χ1v) is 8.40. The lowest BCUT2D eigenvalue weighted by molar-refractivity contribution is 0.305. The molecular weight excluding hydrogens is 290 g/mol. The molecule has 1 fully saturated rings. The van der Waals surface area contributed by atoms with Gasteiger partial charge in [-0.2, -0.15) is 12.7 Å². The summed E-state index contributed by atoms with van der Waals surface area (Å²) in [4.78, 5) is 4.15. The van der Waals surface area contributed by atoms with Crippen LogP contribution >= 0.6 is 0 Å². The molecule has 0 amide bonds. The van der Waals surface area contributed by atoms with Crippen molar-refractivity contribution in [2.24, 2.45) is 0 Å². The van der Waals surface area contributed by atoms with Crippen molar-refractivity contribution in [1.29, 1.82) is 0 Å². The Bertz CT molecular complexity index is 628. The Hall–Kier alpha value is -1.62. The van der Waals surface area contributed by atoms with E-state index in [9.17, 15) is 8.42 Å². The second-order valence-corrected chi connectivity index (χ2v) is 6.42. The third-order valence-electron chi connectivity index (χ3n) is 3.09. The molecule has 6 nitrogen and oxygen atoms in total. The molecule has 1 aliphatic heterocycles. The van der Waals surface area contributed by atoms with Gasteiger partial charge in [0, 0.05) is 19.5 Å². The fourth-order valence-electron chi connectivity index (χ4n) is 2.07. The highest BCUT2D eigenvalue weighted by molar-refractivity contribution is 7.90. The molecule has 0 aliphatic carbocycles. The van der Waals surface area contributed by atoms with Gasteiger partial charge in [0.25, 0.3) is 0 Å². The van der Waals surface area contributed by atoms with E-state index < -0.39 is 10.2 Å². The maximum atomic E-state index is 12.2. The van der Waals surface area contributed by atoms with Crippen LogP contribution in [0, 0.1) is 11.8 Å². The lowest BCUT2D eigenvalue weighted by Crippen LogP contribution is -2.39. The lowest BCUT2D eigenvalue weighted by Gasteiger charge is -2.25. The summed E-state index contributed by atoms with van der Waals surface area (Å²) in [7, 11) is -3.55. The molecule has 0 aromatic carbocycles. The highest BCUT2D eigenvalue weighted by Gasteiger charge is 2.23. The fraction of sp³-hybridized carbons (Fsp3) is 0.500. The number of nitrogens with one attached hydrogen (secondary N) is 1. The molecule has 0 atom stereocenters. The maximum absolute atomic E-state index is 12.2. The number of hydrogen-bond acceptors (Lipinski definition) is 4. The van der Waals surface area contributed by atoms with E-state index in [1.54, 1.807) is 18.2 Å². The predicted octanol–water partition coefficient (Wildman–Crippen LogP) is 0.958. The minimum atomic E-state index is -3.55. The van der Waals surface area contributed by atoms with Crippen LogP contribution in [0.1, 0.15) is 31.4 Å². The Balaban J connectivity index is 2.08. The molecule has 0 unspecified atom stereocenters. The first-order valence-electron chi connectivity index (χ1n) is 6.96. The molecule has 114 valence electrons. The Morgan fingerprint density at radius 2 is 2.05 bits per heavy atom. The Kier molecular flexibility index (Phi) is 5.56. The summed E-state index contributed by atoms with van der Waals surface area (Å²) in [5, 5.41) is 8.68. The first kappa shape index (κ1) is 15.8. The number of nitrogens with zero attached hydrogens (tertiary/aromatic N) is 2. The van der Waals surface area contributed by atoms with Crippen molar-refractivity contribution in [2.75, 3.05) is 24.4 Å².